The number of rotatable bonds is 74. The molecule has 0 aliphatic rings. The maximum absolute atomic E-state index is 13.1. The maximum atomic E-state index is 13.1. The molecule has 0 saturated heterocycles. The second-order valence-electron chi connectivity index (χ2n) is 26.2. The molecule has 0 heterocycles. The van der Waals surface area contributed by atoms with Gasteiger partial charge in [0.15, 0.2) is 12.2 Å². The van der Waals surface area contributed by atoms with Gasteiger partial charge in [0, 0.05) is 25.7 Å². The van der Waals surface area contributed by atoms with E-state index in [1.807, 2.05) is 0 Å². The van der Waals surface area contributed by atoms with Crippen LogP contribution in [0.25, 0.3) is 0 Å². The van der Waals surface area contributed by atoms with Crippen LogP contribution in [0.4, 0.5) is 0 Å². The summed E-state index contributed by atoms with van der Waals surface area (Å²) in [7, 11) is -9.96. The van der Waals surface area contributed by atoms with Crippen molar-refractivity contribution >= 4 is 39.5 Å². The van der Waals surface area contributed by atoms with Gasteiger partial charge in [-0.2, -0.15) is 0 Å². The highest BCUT2D eigenvalue weighted by Gasteiger charge is 2.30. The smallest absolute Gasteiger partial charge is 0.462 e. The van der Waals surface area contributed by atoms with Gasteiger partial charge in [0.05, 0.1) is 26.4 Å². The molecule has 0 fully saturated rings. The van der Waals surface area contributed by atoms with Crippen LogP contribution in [-0.2, 0) is 65.4 Å². The van der Waals surface area contributed by atoms with E-state index in [4.69, 9.17) is 37.0 Å². The van der Waals surface area contributed by atoms with Gasteiger partial charge in [-0.25, -0.2) is 9.13 Å². The van der Waals surface area contributed by atoms with E-state index >= 15 is 0 Å². The van der Waals surface area contributed by atoms with Gasteiger partial charge in [-0.1, -0.05) is 285 Å². The minimum Gasteiger partial charge on any atom is -0.462 e. The lowest BCUT2D eigenvalue weighted by atomic mass is 10.0. The average molecular weight is 1450 g/mol. The maximum Gasteiger partial charge on any atom is 0.472 e. The lowest BCUT2D eigenvalue weighted by molar-refractivity contribution is -0.161. The number of carbonyl (C=O) groups excluding carboxylic acids is 4. The third kappa shape index (κ3) is 72.3. The van der Waals surface area contributed by atoms with Gasteiger partial charge < -0.3 is 33.8 Å². The Morgan fingerprint density at radius 1 is 0.290 bits per heavy atom. The largest absolute Gasteiger partial charge is 0.472 e. The van der Waals surface area contributed by atoms with E-state index in [0.29, 0.717) is 25.7 Å². The van der Waals surface area contributed by atoms with E-state index in [1.54, 1.807) is 0 Å². The van der Waals surface area contributed by atoms with Crippen molar-refractivity contribution in [3.8, 4) is 0 Å². The average Bonchev–Trinajstić information content (AvgIpc) is 0.943. The van der Waals surface area contributed by atoms with Gasteiger partial charge in [-0.05, 0) is 122 Å². The molecule has 0 radical (unpaired) electrons. The van der Waals surface area contributed by atoms with Crippen molar-refractivity contribution in [3.63, 3.8) is 0 Å². The summed E-state index contributed by atoms with van der Waals surface area (Å²) in [6.45, 7) is 4.63. The highest BCUT2D eigenvalue weighted by Crippen LogP contribution is 2.45. The Kier molecular flexibility index (Phi) is 70.4. The fourth-order valence-corrected chi connectivity index (χ4v) is 12.2. The van der Waals surface area contributed by atoms with Crippen LogP contribution in [0, 0.1) is 0 Å². The first kappa shape index (κ1) is 96.0. The summed E-state index contributed by atoms with van der Waals surface area (Å²) < 4.78 is 68.5. The van der Waals surface area contributed by atoms with Gasteiger partial charge in [-0.3, -0.25) is 37.3 Å². The van der Waals surface area contributed by atoms with Crippen LogP contribution in [-0.4, -0.2) is 96.7 Å². The Balaban J connectivity index is 5.34. The first-order valence-electron chi connectivity index (χ1n) is 39.5. The van der Waals surface area contributed by atoms with Gasteiger partial charge in [0.2, 0.25) is 0 Å². The summed E-state index contributed by atoms with van der Waals surface area (Å²) in [4.78, 5) is 72.9. The molecule has 0 saturated carbocycles. The van der Waals surface area contributed by atoms with Crippen molar-refractivity contribution in [2.45, 2.75) is 354 Å². The van der Waals surface area contributed by atoms with Crippen LogP contribution in [0.5, 0.6) is 0 Å². The normalized spacial score (nSPS) is 14.4. The van der Waals surface area contributed by atoms with E-state index in [-0.39, 0.29) is 25.7 Å². The molecule has 0 aliphatic carbocycles. The second kappa shape index (κ2) is 73.3. The molecule has 5 atom stereocenters. The second-order valence-corrected chi connectivity index (χ2v) is 29.2. The Labute approximate surface area is 607 Å². The SMILES string of the molecule is CC/C=C\C/C=C\C/C=C\C/C=C\CCCCCCC(=O)OCC(COP(=O)(O)OCC(O)COP(=O)(O)OCC(COC(=O)CCCCCCCCC/C=C\C/C=C\C/C=C\CC)OC(=O)CCCCCCCCCCCCCCC)OC(=O)CCCCCCC/C=C\CCCCCC. The van der Waals surface area contributed by atoms with Crippen LogP contribution in [0.1, 0.15) is 336 Å². The minimum atomic E-state index is -4.98. The Bertz CT molecular complexity index is 2270. The topological polar surface area (TPSA) is 237 Å². The summed E-state index contributed by atoms with van der Waals surface area (Å²) in [5.74, 6) is -2.20. The van der Waals surface area contributed by atoms with Crippen LogP contribution in [0.3, 0.4) is 0 Å². The molecule has 0 aromatic carbocycles. The molecule has 0 bridgehead atoms. The summed E-state index contributed by atoms with van der Waals surface area (Å²) in [5, 5.41) is 10.6. The van der Waals surface area contributed by atoms with Gasteiger partial charge >= 0.3 is 39.5 Å². The zero-order valence-corrected chi connectivity index (χ0v) is 64.9. The molecular formula is C81H142O17P2. The molecule has 578 valence electrons. The van der Waals surface area contributed by atoms with Crippen molar-refractivity contribution in [3.05, 3.63) is 97.2 Å². The number of aliphatic hydroxyl groups is 1. The number of phosphoric acid groups is 2. The Hall–Kier alpha value is -4.02. The zero-order valence-electron chi connectivity index (χ0n) is 63.1. The van der Waals surface area contributed by atoms with E-state index in [9.17, 15) is 43.2 Å². The van der Waals surface area contributed by atoms with Crippen LogP contribution in [0.2, 0.25) is 0 Å². The molecule has 0 amide bonds. The van der Waals surface area contributed by atoms with Gasteiger partial charge in [-0.15, -0.1) is 0 Å². The van der Waals surface area contributed by atoms with Crippen LogP contribution < -0.4 is 0 Å². The number of phosphoric ester groups is 2. The number of unbranched alkanes of at least 4 members (excludes halogenated alkanes) is 32. The minimum absolute atomic E-state index is 0.0798. The van der Waals surface area contributed by atoms with Gasteiger partial charge in [0.25, 0.3) is 0 Å². The molecule has 5 unspecified atom stereocenters. The standard InChI is InChI=1S/C81H142O17P2/c1-5-9-13-17-21-25-29-33-35-37-39-43-45-49-53-57-61-65-78(83)91-71-76(97-80(85)67-63-59-55-51-47-41-31-27-23-19-15-11-7-3)73-95-99(87,88)93-69-75(82)70-94-100(89,90)96-74-77(98-81(86)68-64-60-56-52-48-42-32-28-24-20-16-12-8-4)72-92-79(84)66-62-58-54-50-46-44-40-38-36-34-30-26-22-18-14-10-6-2/h9-10,13-14,21-22,25-27,31,33-36,39,43,75-77,82H,5-8,11-12,15-20,23-24,28-30,32,37-38,40-42,44-74H2,1-4H3,(H,87,88)(H,89,90)/b13-9-,14-10-,25-21-,26-22-,31-27-,35-33-,36-34-,43-39-. The number of ether oxygens (including phenoxy) is 4. The molecule has 100 heavy (non-hydrogen) atoms. The van der Waals surface area contributed by atoms with E-state index in [0.717, 1.165) is 180 Å². The molecule has 0 aromatic heterocycles. The summed E-state index contributed by atoms with van der Waals surface area (Å²) in [6, 6.07) is 0. The molecule has 0 aromatic rings. The highest BCUT2D eigenvalue weighted by atomic mass is 31.2. The molecule has 0 aliphatic heterocycles. The summed E-state index contributed by atoms with van der Waals surface area (Å²) in [6.07, 6.45) is 76.7. The molecule has 17 nitrogen and oxygen atoms in total. The van der Waals surface area contributed by atoms with Crippen molar-refractivity contribution in [2.75, 3.05) is 39.6 Å². The fraction of sp³-hybridized carbons (Fsp3) is 0.753. The van der Waals surface area contributed by atoms with E-state index in [2.05, 4.69) is 125 Å². The summed E-state index contributed by atoms with van der Waals surface area (Å²) >= 11 is 0. The Morgan fingerprint density at radius 2 is 0.520 bits per heavy atom. The lowest BCUT2D eigenvalue weighted by Gasteiger charge is -2.21. The molecular weight excluding hydrogens is 1310 g/mol. The quantitative estimate of drug-likeness (QED) is 0.0169. The third-order valence-corrected chi connectivity index (χ3v) is 18.4. The first-order chi connectivity index (χ1) is 48.7. The highest BCUT2D eigenvalue weighted by molar-refractivity contribution is 7.47. The number of carbonyl (C=O) groups is 4. The number of aliphatic hydroxyl groups excluding tert-OH is 1. The predicted octanol–water partition coefficient (Wildman–Crippen LogP) is 22.8. The van der Waals surface area contributed by atoms with Crippen molar-refractivity contribution < 1.29 is 80.2 Å². The van der Waals surface area contributed by atoms with Crippen molar-refractivity contribution in [1.82, 2.24) is 0 Å². The zero-order chi connectivity index (χ0) is 73.2. The fourth-order valence-electron chi connectivity index (χ4n) is 10.6. The molecule has 0 rings (SSSR count). The molecule has 0 spiro atoms. The van der Waals surface area contributed by atoms with Crippen LogP contribution in [0.15, 0.2) is 97.2 Å². The first-order valence-corrected chi connectivity index (χ1v) is 42.5. The Morgan fingerprint density at radius 3 is 0.820 bits per heavy atom. The van der Waals surface area contributed by atoms with Crippen molar-refractivity contribution in [2.24, 2.45) is 0 Å². The van der Waals surface area contributed by atoms with Gasteiger partial charge in [0.1, 0.15) is 19.3 Å². The van der Waals surface area contributed by atoms with E-state index < -0.39 is 97.5 Å². The predicted molar refractivity (Wildman–Crippen MR) is 409 cm³/mol. The van der Waals surface area contributed by atoms with Crippen LogP contribution >= 0.6 is 15.6 Å². The molecule has 19 heteroatoms. The number of hydrogen-bond acceptors (Lipinski definition) is 15. The summed E-state index contributed by atoms with van der Waals surface area (Å²) in [5.41, 5.74) is 0. The monoisotopic (exact) mass is 1450 g/mol. The number of allylic oxidation sites excluding steroid dienone is 16. The third-order valence-electron chi connectivity index (χ3n) is 16.5. The lowest BCUT2D eigenvalue weighted by Crippen LogP contribution is -2.30. The number of hydrogen-bond donors (Lipinski definition) is 3. The molecule has 3 N–H and O–H groups in total. The van der Waals surface area contributed by atoms with Crippen molar-refractivity contribution in [1.29, 1.82) is 0 Å². The van der Waals surface area contributed by atoms with E-state index in [1.165, 1.54) is 77.0 Å². The number of esters is 4.